The van der Waals surface area contributed by atoms with Gasteiger partial charge in [-0.25, -0.2) is 4.39 Å². The fourth-order valence-electron chi connectivity index (χ4n) is 3.57. The van der Waals surface area contributed by atoms with Gasteiger partial charge in [-0.1, -0.05) is 12.1 Å². The van der Waals surface area contributed by atoms with Crippen molar-refractivity contribution < 1.29 is 19.0 Å². The summed E-state index contributed by atoms with van der Waals surface area (Å²) < 4.78 is 19.7. The Hall–Kier alpha value is -1.46. The molecule has 1 aromatic carbocycles. The number of hydrogen-bond donors (Lipinski definition) is 1. The number of aliphatic hydroxyl groups excluding tert-OH is 1. The van der Waals surface area contributed by atoms with E-state index in [0.717, 1.165) is 12.8 Å². The second kappa shape index (κ2) is 6.34. The van der Waals surface area contributed by atoms with Crippen LogP contribution >= 0.6 is 0 Å². The van der Waals surface area contributed by atoms with E-state index in [1.807, 2.05) is 0 Å². The summed E-state index contributed by atoms with van der Waals surface area (Å²) in [5, 5.41) is 10.2. The van der Waals surface area contributed by atoms with Gasteiger partial charge in [0.2, 0.25) is 0 Å². The van der Waals surface area contributed by atoms with E-state index in [1.165, 1.54) is 6.07 Å². The summed E-state index contributed by atoms with van der Waals surface area (Å²) in [4.78, 5) is 14.5. The number of aryl methyl sites for hydroxylation is 1. The molecular weight excluding hydrogens is 285 g/mol. The van der Waals surface area contributed by atoms with E-state index in [9.17, 15) is 14.3 Å². The molecule has 22 heavy (non-hydrogen) atoms. The van der Waals surface area contributed by atoms with Crippen molar-refractivity contribution in [2.45, 2.75) is 38.3 Å². The molecular formula is C17H22FNO3. The van der Waals surface area contributed by atoms with Gasteiger partial charge in [0, 0.05) is 25.1 Å². The van der Waals surface area contributed by atoms with E-state index in [4.69, 9.17) is 4.74 Å². The van der Waals surface area contributed by atoms with Crippen molar-refractivity contribution >= 4 is 5.91 Å². The first kappa shape index (κ1) is 15.4. The number of benzene rings is 1. The number of halogens is 1. The minimum absolute atomic E-state index is 0.0669. The Bertz CT molecular complexity index is 563. The van der Waals surface area contributed by atoms with Crippen LogP contribution < -0.4 is 0 Å². The van der Waals surface area contributed by atoms with Crippen molar-refractivity contribution in [1.82, 2.24) is 4.90 Å². The summed E-state index contributed by atoms with van der Waals surface area (Å²) >= 11 is 0. The molecule has 2 aliphatic rings. The second-order valence-electron chi connectivity index (χ2n) is 6.24. The molecule has 1 aromatic rings. The number of ether oxygens (including phenoxy) is 1. The molecule has 0 bridgehead atoms. The SMILES string of the molecule is Cc1cccc(C(=O)N2CCC[C@@H]2[C@@H]2COCC[C@H]2O)c1F. The number of hydrogen-bond acceptors (Lipinski definition) is 3. The van der Waals surface area contributed by atoms with Crippen LogP contribution in [0.3, 0.4) is 0 Å². The third kappa shape index (κ3) is 2.75. The fraction of sp³-hybridized carbons (Fsp3) is 0.588. The molecule has 0 unspecified atom stereocenters. The third-order valence-electron chi connectivity index (χ3n) is 4.84. The second-order valence-corrected chi connectivity index (χ2v) is 6.24. The largest absolute Gasteiger partial charge is 0.393 e. The van der Waals surface area contributed by atoms with Crippen LogP contribution in [-0.2, 0) is 4.74 Å². The molecule has 1 N–H and O–H groups in total. The number of rotatable bonds is 2. The zero-order chi connectivity index (χ0) is 15.7. The van der Waals surface area contributed by atoms with Crippen LogP contribution in [-0.4, -0.2) is 47.8 Å². The van der Waals surface area contributed by atoms with Gasteiger partial charge in [0.15, 0.2) is 0 Å². The Labute approximate surface area is 129 Å². The van der Waals surface area contributed by atoms with Crippen molar-refractivity contribution in [3.05, 3.63) is 35.1 Å². The van der Waals surface area contributed by atoms with Gasteiger partial charge in [-0.15, -0.1) is 0 Å². The van der Waals surface area contributed by atoms with E-state index < -0.39 is 11.9 Å². The molecule has 1 amide bonds. The average molecular weight is 307 g/mol. The molecule has 5 heteroatoms. The molecule has 2 aliphatic heterocycles. The summed E-state index contributed by atoms with van der Waals surface area (Å²) in [5.41, 5.74) is 0.598. The van der Waals surface area contributed by atoms with Crippen LogP contribution in [0, 0.1) is 18.7 Å². The van der Waals surface area contributed by atoms with Gasteiger partial charge in [-0.3, -0.25) is 4.79 Å². The normalized spacial score (nSPS) is 28.9. The van der Waals surface area contributed by atoms with Gasteiger partial charge < -0.3 is 14.7 Å². The Morgan fingerprint density at radius 2 is 2.23 bits per heavy atom. The van der Waals surface area contributed by atoms with Gasteiger partial charge >= 0.3 is 0 Å². The molecule has 4 nitrogen and oxygen atoms in total. The van der Waals surface area contributed by atoms with Crippen LogP contribution in [0.15, 0.2) is 18.2 Å². The summed E-state index contributed by atoms with van der Waals surface area (Å²) in [5.74, 6) is -0.798. The first-order valence-electron chi connectivity index (χ1n) is 7.91. The van der Waals surface area contributed by atoms with E-state index in [0.29, 0.717) is 31.7 Å². The van der Waals surface area contributed by atoms with Crippen LogP contribution in [0.4, 0.5) is 4.39 Å². The highest BCUT2D eigenvalue weighted by Gasteiger charge is 2.40. The summed E-state index contributed by atoms with van der Waals surface area (Å²) in [6.45, 7) is 3.29. The first-order valence-corrected chi connectivity index (χ1v) is 7.91. The monoisotopic (exact) mass is 307 g/mol. The zero-order valence-corrected chi connectivity index (χ0v) is 12.8. The quantitative estimate of drug-likeness (QED) is 0.910. The number of carbonyl (C=O) groups excluding carboxylic acids is 1. The maximum absolute atomic E-state index is 14.2. The smallest absolute Gasteiger partial charge is 0.257 e. The first-order chi connectivity index (χ1) is 10.6. The molecule has 2 saturated heterocycles. The number of likely N-dealkylation sites (tertiary alicyclic amines) is 1. The predicted octanol–water partition coefficient (Wildman–Crippen LogP) is 2.14. The number of nitrogens with zero attached hydrogens (tertiary/aromatic N) is 1. The lowest BCUT2D eigenvalue weighted by atomic mass is 9.89. The van der Waals surface area contributed by atoms with Crippen LogP contribution in [0.25, 0.3) is 0 Å². The molecule has 0 radical (unpaired) electrons. The highest BCUT2D eigenvalue weighted by Crippen LogP contribution is 2.31. The Morgan fingerprint density at radius 3 is 3.00 bits per heavy atom. The molecule has 2 heterocycles. The maximum Gasteiger partial charge on any atom is 0.257 e. The number of carbonyl (C=O) groups is 1. The molecule has 0 saturated carbocycles. The fourth-order valence-corrected chi connectivity index (χ4v) is 3.57. The van der Waals surface area contributed by atoms with Crippen molar-refractivity contribution in [3.8, 4) is 0 Å². The van der Waals surface area contributed by atoms with Gasteiger partial charge in [0.1, 0.15) is 5.82 Å². The Balaban J connectivity index is 1.83. The average Bonchev–Trinajstić information content (AvgIpc) is 2.99. The lowest BCUT2D eigenvalue weighted by molar-refractivity contribution is -0.0589. The number of amides is 1. The van der Waals surface area contributed by atoms with Crippen molar-refractivity contribution in [1.29, 1.82) is 0 Å². The predicted molar refractivity (Wildman–Crippen MR) is 80.1 cm³/mol. The third-order valence-corrected chi connectivity index (χ3v) is 4.84. The van der Waals surface area contributed by atoms with Gasteiger partial charge in [0.05, 0.1) is 18.3 Å². The zero-order valence-electron chi connectivity index (χ0n) is 12.8. The Morgan fingerprint density at radius 1 is 1.41 bits per heavy atom. The van der Waals surface area contributed by atoms with Gasteiger partial charge in [0.25, 0.3) is 5.91 Å². The summed E-state index contributed by atoms with van der Waals surface area (Å²) in [6.07, 6.45) is 1.87. The molecule has 0 aromatic heterocycles. The molecule has 120 valence electrons. The summed E-state index contributed by atoms with van der Waals surface area (Å²) in [6, 6.07) is 4.83. The van der Waals surface area contributed by atoms with Gasteiger partial charge in [-0.2, -0.15) is 0 Å². The van der Waals surface area contributed by atoms with E-state index in [2.05, 4.69) is 0 Å². The van der Waals surface area contributed by atoms with E-state index in [-0.39, 0.29) is 23.4 Å². The highest BCUT2D eigenvalue weighted by atomic mass is 19.1. The van der Waals surface area contributed by atoms with Crippen LogP contribution in [0.1, 0.15) is 35.2 Å². The summed E-state index contributed by atoms with van der Waals surface area (Å²) in [7, 11) is 0. The lowest BCUT2D eigenvalue weighted by Gasteiger charge is -2.37. The highest BCUT2D eigenvalue weighted by molar-refractivity contribution is 5.95. The van der Waals surface area contributed by atoms with E-state index >= 15 is 0 Å². The minimum Gasteiger partial charge on any atom is -0.393 e. The minimum atomic E-state index is -0.450. The molecule has 0 aliphatic carbocycles. The maximum atomic E-state index is 14.2. The van der Waals surface area contributed by atoms with Crippen LogP contribution in [0.5, 0.6) is 0 Å². The van der Waals surface area contributed by atoms with Gasteiger partial charge in [-0.05, 0) is 37.8 Å². The molecule has 3 rings (SSSR count). The van der Waals surface area contributed by atoms with Crippen molar-refractivity contribution in [2.75, 3.05) is 19.8 Å². The molecule has 2 fully saturated rings. The molecule has 3 atom stereocenters. The molecule has 0 spiro atoms. The number of aliphatic hydroxyl groups is 1. The van der Waals surface area contributed by atoms with Crippen molar-refractivity contribution in [2.24, 2.45) is 5.92 Å². The topological polar surface area (TPSA) is 49.8 Å². The standard InChI is InChI=1S/C17H22FNO3/c1-11-4-2-5-12(16(11)18)17(21)19-8-3-6-14(19)13-10-22-9-7-15(13)20/h2,4-5,13-15,20H,3,6-10H2,1H3/t13-,14+,15+/m0/s1. The lowest BCUT2D eigenvalue weighted by Crippen LogP contribution is -2.48. The Kier molecular flexibility index (Phi) is 4.45. The van der Waals surface area contributed by atoms with Crippen molar-refractivity contribution in [3.63, 3.8) is 0 Å². The van der Waals surface area contributed by atoms with E-state index in [1.54, 1.807) is 24.0 Å². The van der Waals surface area contributed by atoms with Crippen LogP contribution in [0.2, 0.25) is 0 Å².